The Hall–Kier alpha value is -3.66. The highest BCUT2D eigenvalue weighted by molar-refractivity contribution is 5.89. The molecule has 0 radical (unpaired) electrons. The lowest BCUT2D eigenvalue weighted by molar-refractivity contribution is 0.0600. The van der Waals surface area contributed by atoms with Gasteiger partial charge in [0.2, 0.25) is 0 Å². The van der Waals surface area contributed by atoms with E-state index in [1.165, 1.54) is 18.2 Å². The number of esters is 1. The molecular weight excluding hydrogens is 372 g/mol. The van der Waals surface area contributed by atoms with E-state index in [0.717, 1.165) is 28.1 Å². The Labute approximate surface area is 176 Å². The molecule has 4 aromatic rings. The van der Waals surface area contributed by atoms with Crippen LogP contribution in [0.2, 0.25) is 0 Å². The highest BCUT2D eigenvalue weighted by Gasteiger charge is 2.13. The minimum Gasteiger partial charge on any atom is -0.465 e. The normalized spacial score (nSPS) is 10.8. The largest absolute Gasteiger partial charge is 0.465 e. The van der Waals surface area contributed by atoms with Gasteiger partial charge in [-0.2, -0.15) is 5.10 Å². The second-order valence-corrected chi connectivity index (χ2v) is 7.50. The van der Waals surface area contributed by atoms with E-state index in [1.54, 1.807) is 6.07 Å². The summed E-state index contributed by atoms with van der Waals surface area (Å²) in [5.74, 6) is -0.337. The van der Waals surface area contributed by atoms with Crippen molar-refractivity contribution in [1.29, 1.82) is 0 Å². The van der Waals surface area contributed by atoms with Crippen LogP contribution >= 0.6 is 0 Å². The first kappa shape index (κ1) is 19.6. The van der Waals surface area contributed by atoms with Crippen molar-refractivity contribution in [2.45, 2.75) is 20.4 Å². The average molecular weight is 396 g/mol. The van der Waals surface area contributed by atoms with Gasteiger partial charge in [0.05, 0.1) is 30.6 Å². The van der Waals surface area contributed by atoms with Crippen molar-refractivity contribution in [3.05, 3.63) is 101 Å². The molecule has 3 aromatic carbocycles. The number of rotatable bonds is 5. The molecule has 4 heteroatoms. The Kier molecular flexibility index (Phi) is 5.48. The average Bonchev–Trinajstić information content (AvgIpc) is 3.18. The number of aromatic nitrogens is 2. The second kappa shape index (κ2) is 8.37. The van der Waals surface area contributed by atoms with Crippen LogP contribution in [0.1, 0.15) is 27.0 Å². The van der Waals surface area contributed by atoms with Gasteiger partial charge in [-0.3, -0.25) is 4.68 Å². The van der Waals surface area contributed by atoms with E-state index < -0.39 is 0 Å². The van der Waals surface area contributed by atoms with E-state index >= 15 is 0 Å². The number of benzene rings is 3. The van der Waals surface area contributed by atoms with E-state index in [0.29, 0.717) is 12.1 Å². The zero-order valence-corrected chi connectivity index (χ0v) is 17.4. The van der Waals surface area contributed by atoms with Crippen LogP contribution in [0.4, 0.5) is 0 Å². The predicted molar refractivity (Wildman–Crippen MR) is 119 cm³/mol. The fraction of sp³-hybridized carbons (Fsp3) is 0.154. The van der Waals surface area contributed by atoms with Gasteiger partial charge in [-0.05, 0) is 43.2 Å². The zero-order valence-electron chi connectivity index (χ0n) is 17.4. The highest BCUT2D eigenvalue weighted by Crippen LogP contribution is 2.27. The van der Waals surface area contributed by atoms with E-state index in [1.807, 2.05) is 22.9 Å². The number of nitrogens with zero attached hydrogens (tertiary/aromatic N) is 2. The number of carbonyl (C=O) groups excluding carboxylic acids is 1. The lowest BCUT2D eigenvalue weighted by atomic mass is 10.1. The minimum atomic E-state index is -0.337. The zero-order chi connectivity index (χ0) is 21.1. The van der Waals surface area contributed by atoms with Crippen LogP contribution in [-0.2, 0) is 11.3 Å². The van der Waals surface area contributed by atoms with Crippen molar-refractivity contribution in [3.63, 3.8) is 0 Å². The van der Waals surface area contributed by atoms with Crippen molar-refractivity contribution in [3.8, 4) is 22.5 Å². The third kappa shape index (κ3) is 4.18. The first-order valence-electron chi connectivity index (χ1n) is 9.92. The summed E-state index contributed by atoms with van der Waals surface area (Å²) in [7, 11) is 1.39. The van der Waals surface area contributed by atoms with Crippen LogP contribution in [0.3, 0.4) is 0 Å². The Morgan fingerprint density at radius 2 is 1.50 bits per heavy atom. The third-order valence-corrected chi connectivity index (χ3v) is 5.16. The van der Waals surface area contributed by atoms with Crippen LogP contribution in [-0.4, -0.2) is 22.9 Å². The summed E-state index contributed by atoms with van der Waals surface area (Å²) in [5.41, 5.74) is 8.11. The SMILES string of the molecule is COC(=O)c1cccc(Cn2nc(-c3ccc(C)cc3)cc2-c2ccc(C)cc2)c1. The number of hydrogen-bond acceptors (Lipinski definition) is 3. The molecule has 0 amide bonds. The summed E-state index contributed by atoms with van der Waals surface area (Å²) >= 11 is 0. The van der Waals surface area contributed by atoms with Crippen molar-refractivity contribution >= 4 is 5.97 Å². The summed E-state index contributed by atoms with van der Waals surface area (Å²) < 4.78 is 6.85. The molecule has 0 saturated heterocycles. The molecule has 0 aliphatic carbocycles. The summed E-state index contributed by atoms with van der Waals surface area (Å²) in [6, 6.07) is 26.5. The molecule has 4 rings (SSSR count). The maximum atomic E-state index is 11.9. The molecule has 0 N–H and O–H groups in total. The molecule has 0 atom stereocenters. The molecule has 0 fully saturated rings. The number of methoxy groups -OCH3 is 1. The summed E-state index contributed by atoms with van der Waals surface area (Å²) in [5, 5.41) is 4.90. The fourth-order valence-electron chi connectivity index (χ4n) is 3.45. The molecule has 0 unspecified atom stereocenters. The minimum absolute atomic E-state index is 0.337. The van der Waals surface area contributed by atoms with Gasteiger partial charge in [-0.15, -0.1) is 0 Å². The summed E-state index contributed by atoms with van der Waals surface area (Å²) in [4.78, 5) is 11.9. The van der Waals surface area contributed by atoms with Crippen LogP contribution in [0, 0.1) is 13.8 Å². The molecule has 0 aliphatic heterocycles. The van der Waals surface area contributed by atoms with Gasteiger partial charge in [0.15, 0.2) is 0 Å². The van der Waals surface area contributed by atoms with Crippen LogP contribution in [0.15, 0.2) is 78.9 Å². The fourth-order valence-corrected chi connectivity index (χ4v) is 3.45. The maximum Gasteiger partial charge on any atom is 0.337 e. The quantitative estimate of drug-likeness (QED) is 0.408. The molecule has 30 heavy (non-hydrogen) atoms. The van der Waals surface area contributed by atoms with Crippen LogP contribution in [0.5, 0.6) is 0 Å². The smallest absolute Gasteiger partial charge is 0.337 e. The molecular formula is C26H24N2O2. The van der Waals surface area contributed by atoms with Crippen LogP contribution in [0.25, 0.3) is 22.5 Å². The van der Waals surface area contributed by atoms with E-state index in [-0.39, 0.29) is 5.97 Å². The number of carbonyl (C=O) groups is 1. The Morgan fingerprint density at radius 3 is 2.13 bits per heavy atom. The molecule has 150 valence electrons. The number of ether oxygens (including phenoxy) is 1. The van der Waals surface area contributed by atoms with Gasteiger partial charge in [-0.25, -0.2) is 4.79 Å². The van der Waals surface area contributed by atoms with Crippen molar-refractivity contribution in [2.24, 2.45) is 0 Å². The van der Waals surface area contributed by atoms with E-state index in [2.05, 4.69) is 68.4 Å². The summed E-state index contributed by atoms with van der Waals surface area (Å²) in [6.07, 6.45) is 0. The predicted octanol–water partition coefficient (Wildman–Crippen LogP) is 5.67. The van der Waals surface area contributed by atoms with Gasteiger partial charge in [0.25, 0.3) is 0 Å². The molecule has 1 heterocycles. The van der Waals surface area contributed by atoms with Crippen LogP contribution < -0.4 is 0 Å². The van der Waals surface area contributed by atoms with Crippen molar-refractivity contribution in [1.82, 2.24) is 9.78 Å². The second-order valence-electron chi connectivity index (χ2n) is 7.50. The van der Waals surface area contributed by atoms with Gasteiger partial charge >= 0.3 is 5.97 Å². The lowest BCUT2D eigenvalue weighted by Gasteiger charge is -2.09. The summed E-state index contributed by atoms with van der Waals surface area (Å²) in [6.45, 7) is 4.71. The topological polar surface area (TPSA) is 44.1 Å². The Morgan fingerprint density at radius 1 is 0.867 bits per heavy atom. The molecule has 0 spiro atoms. The first-order chi connectivity index (χ1) is 14.5. The number of hydrogen-bond donors (Lipinski definition) is 0. The van der Waals surface area contributed by atoms with Gasteiger partial charge < -0.3 is 4.74 Å². The van der Waals surface area contributed by atoms with E-state index in [4.69, 9.17) is 9.84 Å². The maximum absolute atomic E-state index is 11.9. The molecule has 0 aliphatic rings. The molecule has 1 aromatic heterocycles. The Bertz CT molecular complexity index is 1170. The molecule has 0 bridgehead atoms. The van der Waals surface area contributed by atoms with Gasteiger partial charge in [0, 0.05) is 5.56 Å². The lowest BCUT2D eigenvalue weighted by Crippen LogP contribution is -2.06. The van der Waals surface area contributed by atoms with E-state index in [9.17, 15) is 4.79 Å². The number of aryl methyl sites for hydroxylation is 2. The first-order valence-corrected chi connectivity index (χ1v) is 9.92. The van der Waals surface area contributed by atoms with Crippen molar-refractivity contribution in [2.75, 3.05) is 7.11 Å². The van der Waals surface area contributed by atoms with Crippen molar-refractivity contribution < 1.29 is 9.53 Å². The van der Waals surface area contributed by atoms with Gasteiger partial charge in [-0.1, -0.05) is 71.8 Å². The molecule has 4 nitrogen and oxygen atoms in total. The third-order valence-electron chi connectivity index (χ3n) is 5.16. The monoisotopic (exact) mass is 396 g/mol. The van der Waals surface area contributed by atoms with Gasteiger partial charge in [0.1, 0.15) is 0 Å². The highest BCUT2D eigenvalue weighted by atomic mass is 16.5. The Balaban J connectivity index is 1.76. The standard InChI is InChI=1S/C26H24N2O2/c1-18-7-11-21(12-8-18)24-16-25(22-13-9-19(2)10-14-22)28(27-24)17-20-5-4-6-23(15-20)26(29)30-3/h4-16H,17H2,1-3H3. The molecule has 0 saturated carbocycles.